The number of amides is 1. The number of ether oxygens (including phenoxy) is 1. The molecular weight excluding hydrogens is 442 g/mol. The van der Waals surface area contributed by atoms with Crippen LogP contribution in [0, 0.1) is 0 Å². The number of hydrogen-bond donors (Lipinski definition) is 2. The smallest absolute Gasteiger partial charge is 0.381 e. The van der Waals surface area contributed by atoms with Crippen molar-refractivity contribution in [3.63, 3.8) is 0 Å². The summed E-state index contributed by atoms with van der Waals surface area (Å²) in [5, 5.41) is 6.68. The van der Waals surface area contributed by atoms with E-state index in [2.05, 4.69) is 15.6 Å². The van der Waals surface area contributed by atoms with Crippen LogP contribution >= 0.6 is 23.2 Å². The minimum Gasteiger partial charge on any atom is -0.381 e. The van der Waals surface area contributed by atoms with Gasteiger partial charge >= 0.3 is 6.18 Å². The van der Waals surface area contributed by atoms with Gasteiger partial charge in [0.1, 0.15) is 5.82 Å². The molecule has 1 aliphatic heterocycles. The Morgan fingerprint density at radius 1 is 1.13 bits per heavy atom. The molecule has 0 aliphatic carbocycles. The molecule has 2 heterocycles. The quantitative estimate of drug-likeness (QED) is 0.612. The number of nitrogens with one attached hydrogen (secondary N) is 2. The van der Waals surface area contributed by atoms with E-state index in [1.54, 1.807) is 18.2 Å². The van der Waals surface area contributed by atoms with Crippen molar-refractivity contribution in [3.8, 4) is 0 Å². The van der Waals surface area contributed by atoms with Crippen molar-refractivity contribution in [3.05, 3.63) is 57.7 Å². The minimum absolute atomic E-state index is 0.183. The molecule has 5 nitrogen and oxygen atoms in total. The summed E-state index contributed by atoms with van der Waals surface area (Å²) in [5.41, 5.74) is -0.943. The first-order valence-electron chi connectivity index (χ1n) is 9.31. The lowest BCUT2D eigenvalue weighted by molar-refractivity contribution is -0.137. The number of carbonyl (C=O) groups excluding carboxylic acids is 1. The molecule has 3 rings (SSSR count). The molecule has 0 unspecified atom stereocenters. The zero-order valence-electron chi connectivity index (χ0n) is 15.9. The van der Waals surface area contributed by atoms with Crippen molar-refractivity contribution in [2.24, 2.45) is 0 Å². The lowest BCUT2D eigenvalue weighted by Gasteiger charge is -2.36. The molecule has 0 saturated carbocycles. The summed E-state index contributed by atoms with van der Waals surface area (Å²) in [6.07, 6.45) is -2.71. The molecule has 1 aromatic heterocycles. The van der Waals surface area contributed by atoms with Gasteiger partial charge in [-0.05, 0) is 42.7 Å². The van der Waals surface area contributed by atoms with Gasteiger partial charge in [0.15, 0.2) is 0 Å². The van der Waals surface area contributed by atoms with Crippen molar-refractivity contribution >= 4 is 34.9 Å². The SMILES string of the molecule is O=C(NCCNc1ccc(C(F)(F)F)cn1)C1(c2ccc(Cl)cc2Cl)CCOCC1. The highest BCUT2D eigenvalue weighted by Crippen LogP contribution is 2.40. The van der Waals surface area contributed by atoms with Crippen molar-refractivity contribution in [2.45, 2.75) is 24.4 Å². The molecule has 1 amide bonds. The Kier molecular flexibility index (Phi) is 7.10. The molecule has 0 bridgehead atoms. The van der Waals surface area contributed by atoms with E-state index < -0.39 is 17.2 Å². The Labute approximate surface area is 181 Å². The molecule has 10 heteroatoms. The lowest BCUT2D eigenvalue weighted by atomic mass is 9.73. The number of hydrogen-bond acceptors (Lipinski definition) is 4. The lowest BCUT2D eigenvalue weighted by Crippen LogP contribution is -2.49. The number of anilines is 1. The van der Waals surface area contributed by atoms with Gasteiger partial charge in [0.05, 0.1) is 11.0 Å². The van der Waals surface area contributed by atoms with E-state index in [0.29, 0.717) is 54.0 Å². The summed E-state index contributed by atoms with van der Waals surface area (Å²) in [6, 6.07) is 7.28. The summed E-state index contributed by atoms with van der Waals surface area (Å²) < 4.78 is 43.2. The topological polar surface area (TPSA) is 63.2 Å². The van der Waals surface area contributed by atoms with Crippen molar-refractivity contribution < 1.29 is 22.7 Å². The molecule has 1 aromatic carbocycles. The van der Waals surface area contributed by atoms with E-state index in [4.69, 9.17) is 27.9 Å². The molecule has 30 heavy (non-hydrogen) atoms. The fourth-order valence-corrected chi connectivity index (χ4v) is 4.01. The van der Waals surface area contributed by atoms with E-state index in [9.17, 15) is 18.0 Å². The second-order valence-electron chi connectivity index (χ2n) is 6.93. The molecule has 162 valence electrons. The van der Waals surface area contributed by atoms with E-state index in [1.807, 2.05) is 0 Å². The monoisotopic (exact) mass is 461 g/mol. The maximum Gasteiger partial charge on any atom is 0.417 e. The van der Waals surface area contributed by atoms with Crippen LogP contribution in [0.3, 0.4) is 0 Å². The van der Waals surface area contributed by atoms with Crippen molar-refractivity contribution in [1.29, 1.82) is 0 Å². The fourth-order valence-electron chi connectivity index (χ4n) is 3.42. The Morgan fingerprint density at radius 3 is 2.47 bits per heavy atom. The largest absolute Gasteiger partial charge is 0.417 e. The van der Waals surface area contributed by atoms with Crippen LogP contribution in [0.5, 0.6) is 0 Å². The van der Waals surface area contributed by atoms with E-state index >= 15 is 0 Å². The highest BCUT2D eigenvalue weighted by atomic mass is 35.5. The molecule has 1 aliphatic rings. The Balaban J connectivity index is 1.61. The van der Waals surface area contributed by atoms with E-state index in [0.717, 1.165) is 12.3 Å². The number of aromatic nitrogens is 1. The maximum atomic E-state index is 13.1. The highest BCUT2D eigenvalue weighted by Gasteiger charge is 2.42. The van der Waals surface area contributed by atoms with Gasteiger partial charge in [-0.2, -0.15) is 13.2 Å². The van der Waals surface area contributed by atoms with Crippen molar-refractivity contribution in [1.82, 2.24) is 10.3 Å². The second-order valence-corrected chi connectivity index (χ2v) is 7.77. The van der Waals surface area contributed by atoms with Crippen LogP contribution in [0.2, 0.25) is 10.0 Å². The van der Waals surface area contributed by atoms with Crippen molar-refractivity contribution in [2.75, 3.05) is 31.6 Å². The van der Waals surface area contributed by atoms with Gasteiger partial charge in [-0.25, -0.2) is 4.98 Å². The predicted molar refractivity (Wildman–Crippen MR) is 109 cm³/mol. The summed E-state index contributed by atoms with van der Waals surface area (Å²) in [6.45, 7) is 1.42. The molecule has 2 aromatic rings. The van der Waals surface area contributed by atoms with Gasteiger partial charge in [-0.3, -0.25) is 4.79 Å². The molecule has 0 spiro atoms. The van der Waals surface area contributed by atoms with Gasteiger partial charge in [0, 0.05) is 42.5 Å². The standard InChI is InChI=1S/C20H20Cl2F3N3O2/c21-14-2-3-15(16(22)11-14)19(5-9-30-10-6-19)18(29)27-8-7-26-17-4-1-13(12-28-17)20(23,24)25/h1-4,11-12H,5-10H2,(H,26,28)(H,27,29). The molecule has 0 atom stereocenters. The average Bonchev–Trinajstić information content (AvgIpc) is 2.71. The van der Waals surface area contributed by atoms with Gasteiger partial charge < -0.3 is 15.4 Å². The third-order valence-electron chi connectivity index (χ3n) is 5.04. The number of alkyl halides is 3. The molecule has 1 fully saturated rings. The summed E-state index contributed by atoms with van der Waals surface area (Å²) in [5.74, 6) is 0.107. The Bertz CT molecular complexity index is 886. The number of carbonyl (C=O) groups is 1. The van der Waals surface area contributed by atoms with Crippen LogP contribution in [-0.2, 0) is 21.1 Å². The van der Waals surface area contributed by atoms with Crippen LogP contribution in [0.25, 0.3) is 0 Å². The van der Waals surface area contributed by atoms with Gasteiger partial charge in [-0.1, -0.05) is 29.3 Å². The number of halogens is 5. The van der Waals surface area contributed by atoms with Crippen LogP contribution < -0.4 is 10.6 Å². The molecular formula is C20H20Cl2F3N3O2. The first-order valence-corrected chi connectivity index (χ1v) is 10.1. The second kappa shape index (κ2) is 9.41. The first-order chi connectivity index (χ1) is 14.2. The summed E-state index contributed by atoms with van der Waals surface area (Å²) in [4.78, 5) is 16.8. The normalized spacial score (nSPS) is 16.2. The van der Waals surface area contributed by atoms with Crippen LogP contribution in [0.15, 0.2) is 36.5 Å². The summed E-state index contributed by atoms with van der Waals surface area (Å²) >= 11 is 12.4. The zero-order valence-corrected chi connectivity index (χ0v) is 17.4. The average molecular weight is 462 g/mol. The van der Waals surface area contributed by atoms with Gasteiger partial charge in [-0.15, -0.1) is 0 Å². The zero-order chi connectivity index (χ0) is 21.8. The number of nitrogens with zero attached hydrogens (tertiary/aromatic N) is 1. The first kappa shape index (κ1) is 22.7. The highest BCUT2D eigenvalue weighted by molar-refractivity contribution is 6.35. The van der Waals surface area contributed by atoms with Gasteiger partial charge in [0.2, 0.25) is 5.91 Å². The van der Waals surface area contributed by atoms with E-state index in [-0.39, 0.29) is 12.5 Å². The number of benzene rings is 1. The van der Waals surface area contributed by atoms with Gasteiger partial charge in [0.25, 0.3) is 0 Å². The van der Waals surface area contributed by atoms with Crippen LogP contribution in [0.1, 0.15) is 24.0 Å². The Morgan fingerprint density at radius 2 is 1.87 bits per heavy atom. The fraction of sp³-hybridized carbons (Fsp3) is 0.400. The third kappa shape index (κ3) is 5.17. The molecule has 1 saturated heterocycles. The number of rotatable bonds is 6. The third-order valence-corrected chi connectivity index (χ3v) is 5.58. The van der Waals surface area contributed by atoms with Crippen LogP contribution in [0.4, 0.5) is 19.0 Å². The molecule has 2 N–H and O–H groups in total. The summed E-state index contributed by atoms with van der Waals surface area (Å²) in [7, 11) is 0. The number of pyridine rings is 1. The minimum atomic E-state index is -4.43. The maximum absolute atomic E-state index is 13.1. The predicted octanol–water partition coefficient (Wildman–Crippen LogP) is 4.68. The Hall–Kier alpha value is -2.03. The van der Waals surface area contributed by atoms with E-state index in [1.165, 1.54) is 6.07 Å². The molecule has 0 radical (unpaired) electrons. The van der Waals surface area contributed by atoms with Crippen LogP contribution in [-0.4, -0.2) is 37.2 Å².